The highest BCUT2D eigenvalue weighted by Gasteiger charge is 1.94. The van der Waals surface area contributed by atoms with Crippen LogP contribution in [0.3, 0.4) is 0 Å². The number of hydrogen-bond donors (Lipinski definition) is 0. The molecule has 0 aliphatic rings. The molecule has 0 aliphatic heterocycles. The van der Waals surface area contributed by atoms with Gasteiger partial charge in [-0.25, -0.2) is 0 Å². The minimum Gasteiger partial charge on any atom is -0.144 e. The molecule has 0 spiro atoms. The maximum absolute atomic E-state index is 5.71. The zero-order valence-corrected chi connectivity index (χ0v) is 6.19. The van der Waals surface area contributed by atoms with Crippen molar-refractivity contribution in [1.29, 1.82) is 0 Å². The molecule has 10 heavy (non-hydrogen) atoms. The Morgan fingerprint density at radius 3 is 2.90 bits per heavy atom. The summed E-state index contributed by atoms with van der Waals surface area (Å²) >= 11 is 1.69. The predicted molar refractivity (Wildman–Crippen MR) is 47.2 cm³/mol. The van der Waals surface area contributed by atoms with Gasteiger partial charge >= 0.3 is 0 Å². The highest BCUT2D eigenvalue weighted by atomic mass is 32.1. The van der Waals surface area contributed by atoms with Gasteiger partial charge in [0, 0.05) is 4.70 Å². The van der Waals surface area contributed by atoms with Gasteiger partial charge in [0.1, 0.15) is 7.85 Å². The normalized spacial score (nSPS) is 10.4. The average molecular weight is 144 g/mol. The summed E-state index contributed by atoms with van der Waals surface area (Å²) < 4.78 is 1.20. The first-order valence-corrected chi connectivity index (χ1v) is 3.97. The van der Waals surface area contributed by atoms with E-state index in [0.717, 1.165) is 5.46 Å². The van der Waals surface area contributed by atoms with Crippen LogP contribution in [0.4, 0.5) is 0 Å². The first-order valence-electron chi connectivity index (χ1n) is 3.09. The Morgan fingerprint density at radius 1 is 1.20 bits per heavy atom. The highest BCUT2D eigenvalue weighted by molar-refractivity contribution is 7.18. The van der Waals surface area contributed by atoms with E-state index in [0.29, 0.717) is 0 Å². The number of rotatable bonds is 0. The summed E-state index contributed by atoms with van der Waals surface area (Å²) in [5.41, 5.74) is 0.882. The first-order chi connectivity index (χ1) is 4.88. The Bertz CT molecular complexity index is 351. The van der Waals surface area contributed by atoms with Crippen LogP contribution in [0.5, 0.6) is 0 Å². The number of fused-ring (bicyclic) bond motifs is 1. The summed E-state index contributed by atoms with van der Waals surface area (Å²) in [6, 6.07) is 8.06. The lowest BCUT2D eigenvalue weighted by Gasteiger charge is -1.92. The second-order valence-electron chi connectivity index (χ2n) is 2.19. The predicted octanol–water partition coefficient (Wildman–Crippen LogP) is 1.70. The van der Waals surface area contributed by atoms with Gasteiger partial charge in [0.15, 0.2) is 0 Å². The fraction of sp³-hybridized carbons (Fsp3) is 0. The van der Waals surface area contributed by atoms with Gasteiger partial charge in [-0.2, -0.15) is 0 Å². The number of benzene rings is 1. The average Bonchev–Trinajstić information content (AvgIpc) is 2.36. The second kappa shape index (κ2) is 2.13. The minimum atomic E-state index is 0.882. The summed E-state index contributed by atoms with van der Waals surface area (Å²) in [7, 11) is 5.71. The highest BCUT2D eigenvalue weighted by Crippen LogP contribution is 2.16. The van der Waals surface area contributed by atoms with Crippen molar-refractivity contribution in [3.8, 4) is 0 Å². The van der Waals surface area contributed by atoms with Crippen molar-refractivity contribution in [2.45, 2.75) is 0 Å². The fourth-order valence-corrected chi connectivity index (χ4v) is 1.84. The standard InChI is InChI=1S/C8H5BS/c9-7-3-1-2-6-4-5-10-8(6)7/h1-5H. The van der Waals surface area contributed by atoms with Crippen molar-refractivity contribution < 1.29 is 0 Å². The molecule has 46 valence electrons. The van der Waals surface area contributed by atoms with Crippen LogP contribution in [0.1, 0.15) is 0 Å². The maximum Gasteiger partial charge on any atom is 0.115 e. The molecule has 0 unspecified atom stereocenters. The van der Waals surface area contributed by atoms with Crippen molar-refractivity contribution in [3.63, 3.8) is 0 Å². The van der Waals surface area contributed by atoms with E-state index in [-0.39, 0.29) is 0 Å². The van der Waals surface area contributed by atoms with Crippen LogP contribution in [-0.2, 0) is 0 Å². The van der Waals surface area contributed by atoms with E-state index in [9.17, 15) is 0 Å². The quantitative estimate of drug-likeness (QED) is 0.493. The molecule has 2 aromatic rings. The molecule has 0 amide bonds. The maximum atomic E-state index is 5.71. The molecule has 1 aromatic carbocycles. The molecule has 0 aliphatic carbocycles. The molecule has 0 nitrogen and oxygen atoms in total. The zero-order chi connectivity index (χ0) is 6.97. The van der Waals surface area contributed by atoms with Gasteiger partial charge in [-0.3, -0.25) is 0 Å². The fourth-order valence-electron chi connectivity index (χ4n) is 1.02. The van der Waals surface area contributed by atoms with E-state index in [1.165, 1.54) is 10.1 Å². The van der Waals surface area contributed by atoms with Crippen LogP contribution in [0.25, 0.3) is 10.1 Å². The molecule has 0 saturated carbocycles. The Kier molecular flexibility index (Phi) is 1.28. The smallest absolute Gasteiger partial charge is 0.115 e. The molecule has 1 heterocycles. The van der Waals surface area contributed by atoms with Crippen molar-refractivity contribution in [2.75, 3.05) is 0 Å². The van der Waals surface area contributed by atoms with E-state index >= 15 is 0 Å². The Labute approximate surface area is 64.9 Å². The van der Waals surface area contributed by atoms with Crippen molar-refractivity contribution in [3.05, 3.63) is 29.6 Å². The molecular formula is C8H5BS. The molecule has 2 heteroatoms. The third-order valence-corrected chi connectivity index (χ3v) is 2.49. The lowest BCUT2D eigenvalue weighted by molar-refractivity contribution is 1.90. The van der Waals surface area contributed by atoms with Gasteiger partial charge in [-0.15, -0.1) is 11.3 Å². The van der Waals surface area contributed by atoms with Gasteiger partial charge < -0.3 is 0 Å². The van der Waals surface area contributed by atoms with Crippen LogP contribution in [0.2, 0.25) is 0 Å². The molecule has 2 radical (unpaired) electrons. The van der Waals surface area contributed by atoms with Crippen molar-refractivity contribution >= 4 is 34.7 Å². The summed E-state index contributed by atoms with van der Waals surface area (Å²) in [4.78, 5) is 0. The van der Waals surface area contributed by atoms with E-state index in [2.05, 4.69) is 17.5 Å². The Morgan fingerprint density at radius 2 is 2.10 bits per heavy atom. The third-order valence-electron chi connectivity index (χ3n) is 1.51. The lowest BCUT2D eigenvalue weighted by Crippen LogP contribution is -1.99. The van der Waals surface area contributed by atoms with Crippen molar-refractivity contribution in [2.24, 2.45) is 0 Å². The zero-order valence-electron chi connectivity index (χ0n) is 5.37. The van der Waals surface area contributed by atoms with E-state index in [1.54, 1.807) is 11.3 Å². The van der Waals surface area contributed by atoms with Gasteiger partial charge in [0.05, 0.1) is 0 Å². The minimum absolute atomic E-state index is 0.882. The Hall–Kier alpha value is -0.755. The first kappa shape index (κ1) is 5.99. The summed E-state index contributed by atoms with van der Waals surface area (Å²) in [5.74, 6) is 0. The summed E-state index contributed by atoms with van der Waals surface area (Å²) in [6.07, 6.45) is 0. The third kappa shape index (κ3) is 0.763. The van der Waals surface area contributed by atoms with Crippen molar-refractivity contribution in [1.82, 2.24) is 0 Å². The van der Waals surface area contributed by atoms with Crippen LogP contribution >= 0.6 is 11.3 Å². The SMILES string of the molecule is [B]c1cccc2ccsc12. The Balaban J connectivity index is 2.95. The van der Waals surface area contributed by atoms with E-state index < -0.39 is 0 Å². The van der Waals surface area contributed by atoms with Crippen LogP contribution < -0.4 is 5.46 Å². The van der Waals surface area contributed by atoms with Crippen LogP contribution in [0.15, 0.2) is 29.6 Å². The molecular weight excluding hydrogens is 139 g/mol. The summed E-state index contributed by atoms with van der Waals surface area (Å²) in [5, 5.41) is 3.30. The molecule has 0 saturated heterocycles. The van der Waals surface area contributed by atoms with Crippen LogP contribution in [0, 0.1) is 0 Å². The largest absolute Gasteiger partial charge is 0.144 e. The van der Waals surface area contributed by atoms with Gasteiger partial charge in [0.2, 0.25) is 0 Å². The van der Waals surface area contributed by atoms with Gasteiger partial charge in [-0.05, 0) is 16.8 Å². The van der Waals surface area contributed by atoms with Gasteiger partial charge in [-0.1, -0.05) is 23.7 Å². The topological polar surface area (TPSA) is 0 Å². The molecule has 0 atom stereocenters. The van der Waals surface area contributed by atoms with Crippen LogP contribution in [-0.4, -0.2) is 7.85 Å². The summed E-state index contributed by atoms with van der Waals surface area (Å²) in [6.45, 7) is 0. The van der Waals surface area contributed by atoms with Gasteiger partial charge in [0.25, 0.3) is 0 Å². The molecule has 0 fully saturated rings. The van der Waals surface area contributed by atoms with E-state index in [1.807, 2.05) is 12.1 Å². The molecule has 2 rings (SSSR count). The number of thiophene rings is 1. The molecule has 0 N–H and O–H groups in total. The number of hydrogen-bond acceptors (Lipinski definition) is 1. The van der Waals surface area contributed by atoms with E-state index in [4.69, 9.17) is 7.85 Å². The molecule has 0 bridgehead atoms. The second-order valence-corrected chi connectivity index (χ2v) is 3.10. The molecule has 1 aromatic heterocycles. The lowest BCUT2D eigenvalue weighted by atomic mass is 9.95. The monoisotopic (exact) mass is 144 g/mol.